The van der Waals surface area contributed by atoms with Gasteiger partial charge in [-0.25, -0.2) is 13.4 Å². The van der Waals surface area contributed by atoms with Crippen molar-refractivity contribution in [1.82, 2.24) is 4.98 Å². The number of hydrogen-bond acceptors (Lipinski definition) is 4. The van der Waals surface area contributed by atoms with Gasteiger partial charge in [-0.1, -0.05) is 6.07 Å². The Morgan fingerprint density at radius 2 is 1.88 bits per heavy atom. The molecule has 26 heavy (non-hydrogen) atoms. The van der Waals surface area contributed by atoms with Crippen molar-refractivity contribution < 1.29 is 26.4 Å². The predicted octanol–water partition coefficient (Wildman–Crippen LogP) is 3.18. The first-order valence-corrected chi connectivity index (χ1v) is 9.13. The van der Waals surface area contributed by atoms with Crippen molar-refractivity contribution >= 4 is 27.4 Å². The van der Waals surface area contributed by atoms with Gasteiger partial charge in [-0.15, -0.1) is 0 Å². The number of fused-ring (bicyclic) bond motifs is 1. The maximum Gasteiger partial charge on any atom is 0.433 e. The van der Waals surface area contributed by atoms with Gasteiger partial charge in [0.2, 0.25) is 5.91 Å². The Hall–Kier alpha value is -2.62. The molecular formula is C16H14F3N3O3S. The number of nitrogens with one attached hydrogen (secondary N) is 2. The number of benzene rings is 1. The van der Waals surface area contributed by atoms with E-state index in [1.165, 1.54) is 18.2 Å². The number of rotatable bonds is 3. The zero-order valence-corrected chi connectivity index (χ0v) is 14.1. The normalized spacial score (nSPS) is 15.0. The smallest absolute Gasteiger partial charge is 0.326 e. The van der Waals surface area contributed by atoms with Crippen LogP contribution in [0.15, 0.2) is 41.3 Å². The summed E-state index contributed by atoms with van der Waals surface area (Å²) in [5.41, 5.74) is -0.0123. The fraction of sp³-hybridized carbons (Fsp3) is 0.250. The molecule has 0 atom stereocenters. The molecule has 6 nitrogen and oxygen atoms in total. The summed E-state index contributed by atoms with van der Waals surface area (Å²) in [7, 11) is -4.13. The second-order valence-corrected chi connectivity index (χ2v) is 7.41. The van der Waals surface area contributed by atoms with Crippen LogP contribution in [0.4, 0.5) is 24.7 Å². The molecule has 10 heteroatoms. The first-order chi connectivity index (χ1) is 12.1. The number of anilines is 2. The molecule has 0 fully saturated rings. The molecule has 2 aromatic rings. The molecule has 0 aliphatic carbocycles. The van der Waals surface area contributed by atoms with E-state index >= 15 is 0 Å². The second kappa shape index (κ2) is 6.60. The molecule has 0 spiro atoms. The van der Waals surface area contributed by atoms with Crippen molar-refractivity contribution in [2.24, 2.45) is 0 Å². The van der Waals surface area contributed by atoms with Gasteiger partial charge in [0.05, 0.1) is 4.90 Å². The number of nitrogens with zero attached hydrogens (tertiary/aromatic N) is 1. The highest BCUT2D eigenvalue weighted by molar-refractivity contribution is 7.92. The van der Waals surface area contributed by atoms with Crippen LogP contribution in [0.5, 0.6) is 0 Å². The maximum absolute atomic E-state index is 12.7. The number of alkyl halides is 3. The van der Waals surface area contributed by atoms with Gasteiger partial charge >= 0.3 is 6.18 Å². The summed E-state index contributed by atoms with van der Waals surface area (Å²) in [4.78, 5) is 14.7. The van der Waals surface area contributed by atoms with E-state index in [0.29, 0.717) is 30.5 Å². The summed E-state index contributed by atoms with van der Waals surface area (Å²) in [6, 6.07) is 7.10. The van der Waals surface area contributed by atoms with E-state index in [0.717, 1.165) is 18.2 Å². The van der Waals surface area contributed by atoms with Crippen molar-refractivity contribution in [3.8, 4) is 0 Å². The predicted molar refractivity (Wildman–Crippen MR) is 88.1 cm³/mol. The van der Waals surface area contributed by atoms with Crippen molar-refractivity contribution in [2.45, 2.75) is 30.3 Å². The van der Waals surface area contributed by atoms with Crippen LogP contribution in [0, 0.1) is 0 Å². The molecule has 1 amide bonds. The molecular weight excluding hydrogens is 371 g/mol. The van der Waals surface area contributed by atoms with Crippen LogP contribution in [0.2, 0.25) is 0 Å². The van der Waals surface area contributed by atoms with Crippen LogP contribution < -0.4 is 10.0 Å². The number of aryl methyl sites for hydroxylation is 1. The molecule has 2 N–H and O–H groups in total. The van der Waals surface area contributed by atoms with E-state index in [4.69, 9.17) is 0 Å². The van der Waals surface area contributed by atoms with Crippen molar-refractivity contribution in [1.29, 1.82) is 0 Å². The fourth-order valence-electron chi connectivity index (χ4n) is 2.56. The summed E-state index contributed by atoms with van der Waals surface area (Å²) in [5.74, 6) is -0.575. The van der Waals surface area contributed by atoms with E-state index in [9.17, 15) is 26.4 Å². The summed E-state index contributed by atoms with van der Waals surface area (Å²) < 4.78 is 65.1. The molecule has 1 aromatic heterocycles. The van der Waals surface area contributed by atoms with Crippen LogP contribution in [-0.4, -0.2) is 19.3 Å². The first-order valence-electron chi connectivity index (χ1n) is 7.65. The molecule has 1 aromatic carbocycles. The SMILES string of the molecule is O=C1CCCc2cc(S(=O)(=O)Nc3cccc(C(F)(F)F)n3)ccc2N1. The molecule has 3 rings (SSSR count). The van der Waals surface area contributed by atoms with Crippen molar-refractivity contribution in [3.05, 3.63) is 47.7 Å². The number of sulfonamides is 1. The van der Waals surface area contributed by atoms with E-state index in [1.54, 1.807) is 0 Å². The minimum Gasteiger partial charge on any atom is -0.326 e. The Morgan fingerprint density at radius 3 is 2.62 bits per heavy atom. The zero-order chi connectivity index (χ0) is 18.9. The van der Waals surface area contributed by atoms with Gasteiger partial charge in [0.1, 0.15) is 11.5 Å². The lowest BCUT2D eigenvalue weighted by Gasteiger charge is -2.12. The Kier molecular flexibility index (Phi) is 4.61. The third-order valence-electron chi connectivity index (χ3n) is 3.79. The first kappa shape index (κ1) is 18.2. The van der Waals surface area contributed by atoms with Crippen LogP contribution in [0.25, 0.3) is 0 Å². The molecule has 1 aliphatic rings. The third kappa shape index (κ3) is 3.96. The Balaban J connectivity index is 1.90. The van der Waals surface area contributed by atoms with Gasteiger partial charge in [0.15, 0.2) is 0 Å². The van der Waals surface area contributed by atoms with Crippen LogP contribution in [0.1, 0.15) is 24.1 Å². The van der Waals surface area contributed by atoms with Crippen molar-refractivity contribution in [2.75, 3.05) is 10.0 Å². The lowest BCUT2D eigenvalue weighted by Crippen LogP contribution is -2.16. The topological polar surface area (TPSA) is 88.2 Å². The van der Waals surface area contributed by atoms with E-state index < -0.39 is 27.7 Å². The molecule has 0 bridgehead atoms. The average molecular weight is 385 g/mol. The van der Waals surface area contributed by atoms with Gasteiger partial charge in [-0.05, 0) is 48.7 Å². The molecule has 0 unspecified atom stereocenters. The summed E-state index contributed by atoms with van der Waals surface area (Å²) in [6.07, 6.45) is -3.25. The molecule has 1 aliphatic heterocycles. The maximum atomic E-state index is 12.7. The molecule has 2 heterocycles. The monoisotopic (exact) mass is 385 g/mol. The third-order valence-corrected chi connectivity index (χ3v) is 5.14. The summed E-state index contributed by atoms with van der Waals surface area (Å²) in [6.45, 7) is 0. The van der Waals surface area contributed by atoms with Gasteiger partial charge in [-0.3, -0.25) is 9.52 Å². The van der Waals surface area contributed by atoms with Crippen LogP contribution in [-0.2, 0) is 27.4 Å². The summed E-state index contributed by atoms with van der Waals surface area (Å²) >= 11 is 0. The van der Waals surface area contributed by atoms with E-state index in [1.807, 2.05) is 0 Å². The minimum absolute atomic E-state index is 0.119. The zero-order valence-electron chi connectivity index (χ0n) is 13.3. The molecule has 0 saturated carbocycles. The number of carbonyl (C=O) groups is 1. The van der Waals surface area contributed by atoms with Gasteiger partial charge in [-0.2, -0.15) is 13.2 Å². The number of hydrogen-bond donors (Lipinski definition) is 2. The minimum atomic E-state index is -4.68. The Labute approximate surface area is 147 Å². The molecule has 0 saturated heterocycles. The lowest BCUT2D eigenvalue weighted by atomic mass is 10.1. The fourth-order valence-corrected chi connectivity index (χ4v) is 3.62. The molecule has 138 valence electrons. The highest BCUT2D eigenvalue weighted by Crippen LogP contribution is 2.29. The lowest BCUT2D eigenvalue weighted by molar-refractivity contribution is -0.141. The number of amides is 1. The largest absolute Gasteiger partial charge is 0.433 e. The van der Waals surface area contributed by atoms with Gasteiger partial charge in [0, 0.05) is 12.1 Å². The van der Waals surface area contributed by atoms with Crippen LogP contribution in [0.3, 0.4) is 0 Å². The van der Waals surface area contributed by atoms with Crippen molar-refractivity contribution in [3.63, 3.8) is 0 Å². The molecule has 0 radical (unpaired) electrons. The van der Waals surface area contributed by atoms with E-state index in [-0.39, 0.29) is 10.8 Å². The number of carbonyl (C=O) groups excluding carboxylic acids is 1. The number of pyridine rings is 1. The van der Waals surface area contributed by atoms with E-state index in [2.05, 4.69) is 15.0 Å². The van der Waals surface area contributed by atoms with Gasteiger partial charge in [0.25, 0.3) is 10.0 Å². The summed E-state index contributed by atoms with van der Waals surface area (Å²) in [5, 5.41) is 2.68. The van der Waals surface area contributed by atoms with Crippen LogP contribution >= 0.6 is 0 Å². The Bertz CT molecular complexity index is 959. The number of aromatic nitrogens is 1. The quantitative estimate of drug-likeness (QED) is 0.850. The second-order valence-electron chi connectivity index (χ2n) is 5.73. The average Bonchev–Trinajstić information content (AvgIpc) is 2.73. The highest BCUT2D eigenvalue weighted by atomic mass is 32.2. The number of halogens is 3. The highest BCUT2D eigenvalue weighted by Gasteiger charge is 2.32. The van der Waals surface area contributed by atoms with Gasteiger partial charge < -0.3 is 5.32 Å². The Morgan fingerprint density at radius 1 is 1.12 bits per heavy atom. The standard InChI is InChI=1S/C16H14F3N3O3S/c17-16(18,19)13-4-2-5-14(21-13)22-26(24,25)11-7-8-12-10(9-11)3-1-6-15(23)20-12/h2,4-5,7-9H,1,3,6H2,(H,20,23)(H,21,22).